The summed E-state index contributed by atoms with van der Waals surface area (Å²) < 4.78 is 6.02. The molecule has 23 heavy (non-hydrogen) atoms. The molecule has 0 bridgehead atoms. The summed E-state index contributed by atoms with van der Waals surface area (Å²) in [7, 11) is 0. The van der Waals surface area contributed by atoms with Crippen LogP contribution in [-0.2, 0) is 4.74 Å². The molecule has 4 unspecified atom stereocenters. The predicted octanol–water partition coefficient (Wildman–Crippen LogP) is 3.32. The van der Waals surface area contributed by atoms with Crippen LogP contribution in [0.5, 0.6) is 0 Å². The Kier molecular flexibility index (Phi) is 4.10. The van der Waals surface area contributed by atoms with Crippen molar-refractivity contribution in [1.82, 2.24) is 10.6 Å². The molecule has 4 rings (SSSR count). The van der Waals surface area contributed by atoms with E-state index in [2.05, 4.69) is 42.0 Å². The fourth-order valence-corrected chi connectivity index (χ4v) is 5.44. The molecule has 126 valence electrons. The Morgan fingerprint density at radius 3 is 3.04 bits per heavy atom. The first kappa shape index (κ1) is 15.5. The molecule has 0 amide bonds. The van der Waals surface area contributed by atoms with Crippen LogP contribution in [0.1, 0.15) is 50.4 Å². The molecular weight excluding hydrogens is 306 g/mol. The first-order valence-electron chi connectivity index (χ1n) is 8.97. The lowest BCUT2D eigenvalue weighted by molar-refractivity contribution is -0.171. The van der Waals surface area contributed by atoms with Gasteiger partial charge in [0.2, 0.25) is 0 Å². The summed E-state index contributed by atoms with van der Waals surface area (Å²) in [6, 6.07) is 5.12. The summed E-state index contributed by atoms with van der Waals surface area (Å²) in [5.41, 5.74) is 0.392. The van der Waals surface area contributed by atoms with E-state index in [0.29, 0.717) is 29.5 Å². The molecule has 0 radical (unpaired) electrons. The number of aliphatic imine (C=N–C) groups is 1. The van der Waals surface area contributed by atoms with E-state index in [9.17, 15) is 0 Å². The number of nitrogens with one attached hydrogen (secondary N) is 2. The molecule has 2 heterocycles. The Balaban J connectivity index is 1.45. The molecule has 3 fully saturated rings. The Hall–Kier alpha value is -1.07. The maximum atomic E-state index is 6.02. The van der Waals surface area contributed by atoms with Gasteiger partial charge in [0.15, 0.2) is 5.96 Å². The molecule has 5 heteroatoms. The van der Waals surface area contributed by atoms with Crippen molar-refractivity contribution in [3.63, 3.8) is 0 Å². The third-order valence-corrected chi connectivity index (χ3v) is 7.02. The molecule has 1 aliphatic heterocycles. The van der Waals surface area contributed by atoms with Crippen molar-refractivity contribution in [1.29, 1.82) is 0 Å². The number of fused-ring (bicyclic) bond motifs is 2. The van der Waals surface area contributed by atoms with E-state index >= 15 is 0 Å². The van der Waals surface area contributed by atoms with Gasteiger partial charge in [-0.15, -0.1) is 11.3 Å². The zero-order valence-corrected chi connectivity index (χ0v) is 14.9. The van der Waals surface area contributed by atoms with E-state index in [1.165, 1.54) is 30.6 Å². The van der Waals surface area contributed by atoms with Gasteiger partial charge in [-0.05, 0) is 44.6 Å². The zero-order valence-electron chi connectivity index (χ0n) is 14.0. The summed E-state index contributed by atoms with van der Waals surface area (Å²) in [6.45, 7) is 6.05. The second kappa shape index (κ2) is 6.10. The number of hydrogen-bond acceptors (Lipinski definition) is 3. The first-order valence-corrected chi connectivity index (χ1v) is 9.85. The van der Waals surface area contributed by atoms with Crippen molar-refractivity contribution in [3.05, 3.63) is 22.4 Å². The van der Waals surface area contributed by atoms with Gasteiger partial charge in [-0.1, -0.05) is 12.5 Å². The first-order chi connectivity index (χ1) is 11.2. The van der Waals surface area contributed by atoms with Gasteiger partial charge in [0.05, 0.1) is 12.1 Å². The topological polar surface area (TPSA) is 45.7 Å². The third kappa shape index (κ3) is 2.49. The molecule has 2 aliphatic carbocycles. The molecule has 1 saturated heterocycles. The quantitative estimate of drug-likeness (QED) is 0.656. The molecule has 4 nitrogen and oxygen atoms in total. The lowest BCUT2D eigenvalue weighted by atomic mass is 9.46. The maximum Gasteiger partial charge on any atom is 0.192 e. The summed E-state index contributed by atoms with van der Waals surface area (Å²) in [5.74, 6) is 1.64. The second-order valence-corrected chi connectivity index (χ2v) is 8.14. The number of ether oxygens (including phenoxy) is 1. The van der Waals surface area contributed by atoms with E-state index in [0.717, 1.165) is 19.1 Å². The molecular formula is C18H27N3OS. The highest BCUT2D eigenvalue weighted by molar-refractivity contribution is 7.10. The molecule has 1 aromatic rings. The van der Waals surface area contributed by atoms with Gasteiger partial charge in [0.1, 0.15) is 0 Å². The Bertz CT molecular complexity index is 567. The van der Waals surface area contributed by atoms with Crippen molar-refractivity contribution >= 4 is 17.3 Å². The minimum absolute atomic E-state index is 0.292. The Morgan fingerprint density at radius 2 is 2.39 bits per heavy atom. The molecule has 3 aliphatic rings. The second-order valence-electron chi connectivity index (χ2n) is 7.16. The van der Waals surface area contributed by atoms with E-state index in [1.54, 1.807) is 11.3 Å². The Morgan fingerprint density at radius 1 is 1.52 bits per heavy atom. The van der Waals surface area contributed by atoms with E-state index in [1.807, 2.05) is 0 Å². The standard InChI is InChI=1S/C18H27N3OS/c1-3-19-17(20-12(2)14-6-4-11-23-14)21-15-13-7-10-22-16(13)18(15)8-5-9-18/h4,6,11-13,15-16H,3,5,7-10H2,1-2H3,(H2,19,20,21). The molecule has 4 atom stereocenters. The SMILES string of the molecule is CCN=C(NC(C)c1cccs1)NC1C2CCOC2C12CCC2. The predicted molar refractivity (Wildman–Crippen MR) is 94.9 cm³/mol. The van der Waals surface area contributed by atoms with Crippen LogP contribution in [0, 0.1) is 11.3 Å². The monoisotopic (exact) mass is 333 g/mol. The van der Waals surface area contributed by atoms with Crippen LogP contribution in [0.15, 0.2) is 22.5 Å². The average Bonchev–Trinajstić information content (AvgIpc) is 3.13. The zero-order chi connectivity index (χ0) is 15.9. The summed E-state index contributed by atoms with van der Waals surface area (Å²) in [4.78, 5) is 6.04. The smallest absolute Gasteiger partial charge is 0.192 e. The van der Waals surface area contributed by atoms with Crippen LogP contribution >= 0.6 is 11.3 Å². The number of thiophene rings is 1. The minimum Gasteiger partial charge on any atom is -0.377 e. The lowest BCUT2D eigenvalue weighted by Crippen LogP contribution is -2.72. The molecule has 2 N–H and O–H groups in total. The van der Waals surface area contributed by atoms with Gasteiger partial charge < -0.3 is 15.4 Å². The molecule has 2 saturated carbocycles. The third-order valence-electron chi connectivity index (χ3n) is 5.97. The number of rotatable bonds is 4. The number of hydrogen-bond donors (Lipinski definition) is 2. The summed E-state index contributed by atoms with van der Waals surface area (Å²) in [6.07, 6.45) is 5.68. The van der Waals surface area contributed by atoms with Crippen LogP contribution in [0.25, 0.3) is 0 Å². The minimum atomic E-state index is 0.292. The fourth-order valence-electron chi connectivity index (χ4n) is 4.71. The van der Waals surface area contributed by atoms with Crippen LogP contribution in [0.3, 0.4) is 0 Å². The van der Waals surface area contributed by atoms with Gasteiger partial charge in [-0.2, -0.15) is 0 Å². The van der Waals surface area contributed by atoms with Gasteiger partial charge in [0.25, 0.3) is 0 Å². The number of guanidine groups is 1. The lowest BCUT2D eigenvalue weighted by Gasteiger charge is -2.63. The van der Waals surface area contributed by atoms with Crippen molar-refractivity contribution in [2.45, 2.75) is 57.7 Å². The van der Waals surface area contributed by atoms with E-state index in [-0.39, 0.29) is 0 Å². The maximum absolute atomic E-state index is 6.02. The van der Waals surface area contributed by atoms with Crippen molar-refractivity contribution in [3.8, 4) is 0 Å². The fraction of sp³-hybridized carbons (Fsp3) is 0.722. The molecule has 1 spiro atoms. The van der Waals surface area contributed by atoms with Crippen LogP contribution in [-0.4, -0.2) is 31.3 Å². The molecule has 1 aromatic heterocycles. The highest BCUT2D eigenvalue weighted by Crippen LogP contribution is 2.62. The highest BCUT2D eigenvalue weighted by Gasteiger charge is 2.66. The van der Waals surface area contributed by atoms with E-state index < -0.39 is 0 Å². The van der Waals surface area contributed by atoms with Gasteiger partial charge >= 0.3 is 0 Å². The van der Waals surface area contributed by atoms with Crippen molar-refractivity contribution < 1.29 is 4.74 Å². The normalized spacial score (nSPS) is 32.8. The van der Waals surface area contributed by atoms with Crippen molar-refractivity contribution in [2.75, 3.05) is 13.2 Å². The van der Waals surface area contributed by atoms with Crippen molar-refractivity contribution in [2.24, 2.45) is 16.3 Å². The van der Waals surface area contributed by atoms with Gasteiger partial charge in [-0.3, -0.25) is 4.99 Å². The van der Waals surface area contributed by atoms with E-state index in [4.69, 9.17) is 9.73 Å². The number of nitrogens with zero attached hydrogens (tertiary/aromatic N) is 1. The average molecular weight is 334 g/mol. The Labute approximate surface area is 142 Å². The van der Waals surface area contributed by atoms with Crippen LogP contribution < -0.4 is 10.6 Å². The largest absolute Gasteiger partial charge is 0.377 e. The molecule has 0 aromatic carbocycles. The van der Waals surface area contributed by atoms with Crippen LogP contribution in [0.2, 0.25) is 0 Å². The summed E-state index contributed by atoms with van der Waals surface area (Å²) >= 11 is 1.80. The summed E-state index contributed by atoms with van der Waals surface area (Å²) in [5, 5.41) is 9.50. The van der Waals surface area contributed by atoms with Gasteiger partial charge in [-0.25, -0.2) is 0 Å². The van der Waals surface area contributed by atoms with Gasteiger partial charge in [0, 0.05) is 35.4 Å². The highest BCUT2D eigenvalue weighted by atomic mass is 32.1. The van der Waals surface area contributed by atoms with Crippen LogP contribution in [0.4, 0.5) is 0 Å².